The first-order chi connectivity index (χ1) is 16.3. The summed E-state index contributed by atoms with van der Waals surface area (Å²) in [6.07, 6.45) is 0.562. The zero-order valence-electron chi connectivity index (χ0n) is 18.4. The average molecular weight is 445 g/mol. The molecule has 2 bridgehead atoms. The molecule has 0 amide bonds. The predicted molar refractivity (Wildman–Crippen MR) is 126 cm³/mol. The molecule has 0 aliphatic carbocycles. The van der Waals surface area contributed by atoms with Gasteiger partial charge in [-0.1, -0.05) is 71.9 Å². The van der Waals surface area contributed by atoms with Crippen molar-refractivity contribution in [2.75, 3.05) is 26.4 Å². The van der Waals surface area contributed by atoms with Gasteiger partial charge in [0, 0.05) is 35.5 Å². The lowest BCUT2D eigenvalue weighted by Crippen LogP contribution is -2.41. The second-order valence-corrected chi connectivity index (χ2v) is 8.27. The minimum atomic E-state index is -0.162. The Morgan fingerprint density at radius 1 is 0.727 bits per heavy atom. The maximum Gasteiger partial charge on any atom is 0.124 e. The van der Waals surface area contributed by atoms with E-state index >= 15 is 0 Å². The average Bonchev–Trinajstić information content (AvgIpc) is 2.88. The highest BCUT2D eigenvalue weighted by Crippen LogP contribution is 2.45. The molecule has 3 atom stereocenters. The molecule has 5 rings (SSSR count). The summed E-state index contributed by atoms with van der Waals surface area (Å²) >= 11 is 0. The van der Waals surface area contributed by atoms with Crippen LogP contribution in [0.15, 0.2) is 84.0 Å². The van der Waals surface area contributed by atoms with Gasteiger partial charge in [-0.3, -0.25) is 0 Å². The van der Waals surface area contributed by atoms with Crippen molar-refractivity contribution < 1.29 is 19.4 Å². The highest BCUT2D eigenvalue weighted by Gasteiger charge is 2.39. The molecule has 1 fully saturated rings. The zero-order chi connectivity index (χ0) is 22.5. The molecule has 170 valence electrons. The third kappa shape index (κ3) is 4.58. The van der Waals surface area contributed by atoms with Gasteiger partial charge in [-0.2, -0.15) is 0 Å². The van der Waals surface area contributed by atoms with E-state index < -0.39 is 0 Å². The summed E-state index contributed by atoms with van der Waals surface area (Å²) in [6.45, 7) is 1.86. The van der Waals surface area contributed by atoms with Crippen molar-refractivity contribution in [3.63, 3.8) is 0 Å². The van der Waals surface area contributed by atoms with E-state index in [1.54, 1.807) is 0 Å². The van der Waals surface area contributed by atoms with Gasteiger partial charge in [-0.15, -0.1) is 0 Å². The zero-order valence-corrected chi connectivity index (χ0v) is 18.4. The summed E-state index contributed by atoms with van der Waals surface area (Å²) in [5.41, 5.74) is 3.87. The van der Waals surface area contributed by atoms with Gasteiger partial charge in [-0.25, -0.2) is 0 Å². The fourth-order valence-corrected chi connectivity index (χ4v) is 4.81. The Kier molecular flexibility index (Phi) is 6.56. The SMILES string of the molecule is O/N=C1/C[C@@H]2N[C@H](c3ccccc3OCCOCCOc3ccccc32)[C@@H]1c1ccccc1. The molecule has 0 aromatic heterocycles. The number of oxime groups is 1. The van der Waals surface area contributed by atoms with E-state index in [0.717, 1.165) is 33.9 Å². The highest BCUT2D eigenvalue weighted by molar-refractivity contribution is 5.93. The molecule has 3 aromatic rings. The molecule has 0 saturated carbocycles. The molecule has 2 aliphatic heterocycles. The quantitative estimate of drug-likeness (QED) is 0.414. The number of rotatable bonds is 1. The van der Waals surface area contributed by atoms with Crippen LogP contribution in [-0.4, -0.2) is 37.3 Å². The van der Waals surface area contributed by atoms with Crippen molar-refractivity contribution >= 4 is 5.71 Å². The van der Waals surface area contributed by atoms with E-state index in [0.29, 0.717) is 32.8 Å². The minimum absolute atomic E-state index is 0.0889. The van der Waals surface area contributed by atoms with Crippen molar-refractivity contribution in [3.05, 3.63) is 95.6 Å². The Morgan fingerprint density at radius 3 is 2.03 bits per heavy atom. The summed E-state index contributed by atoms with van der Waals surface area (Å²) in [6, 6.07) is 26.0. The van der Waals surface area contributed by atoms with Gasteiger partial charge in [0.1, 0.15) is 24.7 Å². The monoisotopic (exact) mass is 444 g/mol. The molecule has 2 aliphatic rings. The van der Waals surface area contributed by atoms with Gasteiger partial charge in [-0.05, 0) is 17.7 Å². The van der Waals surface area contributed by atoms with Crippen LogP contribution in [0.5, 0.6) is 11.5 Å². The first kappa shape index (κ1) is 21.5. The van der Waals surface area contributed by atoms with E-state index in [2.05, 4.69) is 34.7 Å². The van der Waals surface area contributed by atoms with Crippen LogP contribution in [0.3, 0.4) is 0 Å². The third-order valence-electron chi connectivity index (χ3n) is 6.29. The Morgan fingerprint density at radius 2 is 1.33 bits per heavy atom. The van der Waals surface area contributed by atoms with Crippen LogP contribution < -0.4 is 14.8 Å². The molecule has 6 nitrogen and oxygen atoms in total. The van der Waals surface area contributed by atoms with E-state index in [1.165, 1.54) is 0 Å². The molecule has 2 heterocycles. The first-order valence-corrected chi connectivity index (χ1v) is 11.4. The third-order valence-corrected chi connectivity index (χ3v) is 6.29. The maximum absolute atomic E-state index is 10.1. The smallest absolute Gasteiger partial charge is 0.124 e. The molecule has 1 saturated heterocycles. The number of hydrogen-bond acceptors (Lipinski definition) is 6. The van der Waals surface area contributed by atoms with Crippen molar-refractivity contribution in [3.8, 4) is 11.5 Å². The molecule has 33 heavy (non-hydrogen) atoms. The molecular weight excluding hydrogens is 416 g/mol. The number of ether oxygens (including phenoxy) is 3. The second-order valence-electron chi connectivity index (χ2n) is 8.27. The first-order valence-electron chi connectivity index (χ1n) is 11.4. The normalized spacial score (nSPS) is 24.5. The standard InChI is InChI=1S/C27H28N2O4/c30-29-23-18-22-20-10-4-6-12-24(20)32-16-14-31-15-17-33-25-13-7-5-11-21(25)27(28-22)26(23)19-8-2-1-3-9-19/h1-13,22,26-28,30H,14-18H2/b29-23-/t22-,26+,27+/m0/s1. The largest absolute Gasteiger partial charge is 0.491 e. The fraction of sp³-hybridized carbons (Fsp3) is 0.296. The van der Waals surface area contributed by atoms with E-state index in [1.807, 2.05) is 54.6 Å². The van der Waals surface area contributed by atoms with Crippen LogP contribution in [0.25, 0.3) is 0 Å². The summed E-state index contributed by atoms with van der Waals surface area (Å²) in [4.78, 5) is 0. The summed E-state index contributed by atoms with van der Waals surface area (Å²) in [7, 11) is 0. The van der Waals surface area contributed by atoms with Gasteiger partial charge >= 0.3 is 0 Å². The number of nitrogens with zero attached hydrogens (tertiary/aromatic N) is 1. The van der Waals surface area contributed by atoms with E-state index in [4.69, 9.17) is 14.2 Å². The number of nitrogens with one attached hydrogen (secondary N) is 1. The van der Waals surface area contributed by atoms with E-state index in [9.17, 15) is 5.21 Å². The fourth-order valence-electron chi connectivity index (χ4n) is 4.81. The number of fused-ring (bicyclic) bond motifs is 6. The predicted octanol–water partition coefficient (Wildman–Crippen LogP) is 4.86. The van der Waals surface area contributed by atoms with Gasteiger partial charge in [0.15, 0.2) is 0 Å². The van der Waals surface area contributed by atoms with Crippen molar-refractivity contribution in [1.29, 1.82) is 0 Å². The summed E-state index contributed by atoms with van der Waals surface area (Å²) in [5, 5.41) is 17.8. The number of piperidine rings is 1. The second kappa shape index (κ2) is 10.1. The molecule has 2 N–H and O–H groups in total. The van der Waals surface area contributed by atoms with Crippen LogP contribution >= 0.6 is 0 Å². The molecule has 3 aromatic carbocycles. The Balaban J connectivity index is 1.64. The summed E-state index contributed by atoms with van der Waals surface area (Å²) < 4.78 is 17.9. The Hall–Kier alpha value is -3.35. The Labute approximate surface area is 193 Å². The minimum Gasteiger partial charge on any atom is -0.491 e. The van der Waals surface area contributed by atoms with Crippen LogP contribution in [0.1, 0.15) is 41.1 Å². The van der Waals surface area contributed by atoms with Gasteiger partial charge in [0.05, 0.1) is 18.9 Å². The van der Waals surface area contributed by atoms with Crippen molar-refractivity contribution in [2.24, 2.45) is 5.16 Å². The van der Waals surface area contributed by atoms with E-state index in [-0.39, 0.29) is 18.0 Å². The lowest BCUT2D eigenvalue weighted by Gasteiger charge is -2.39. The lowest BCUT2D eigenvalue weighted by molar-refractivity contribution is 0.0751. The molecule has 0 radical (unpaired) electrons. The van der Waals surface area contributed by atoms with Gasteiger partial charge in [0.2, 0.25) is 0 Å². The molecule has 0 spiro atoms. The molecule has 6 heteroatoms. The van der Waals surface area contributed by atoms with Crippen LogP contribution in [-0.2, 0) is 4.74 Å². The van der Waals surface area contributed by atoms with Crippen molar-refractivity contribution in [2.45, 2.75) is 24.4 Å². The van der Waals surface area contributed by atoms with Crippen LogP contribution in [0.4, 0.5) is 0 Å². The topological polar surface area (TPSA) is 72.3 Å². The van der Waals surface area contributed by atoms with Crippen LogP contribution in [0.2, 0.25) is 0 Å². The number of hydrogen-bond donors (Lipinski definition) is 2. The Bertz CT molecular complexity index is 1100. The van der Waals surface area contributed by atoms with Gasteiger partial charge < -0.3 is 24.7 Å². The maximum atomic E-state index is 10.1. The molecular formula is C27H28N2O4. The highest BCUT2D eigenvalue weighted by atomic mass is 16.5. The summed E-state index contributed by atoms with van der Waals surface area (Å²) in [5.74, 6) is 1.47. The lowest BCUT2D eigenvalue weighted by atomic mass is 9.76. The van der Waals surface area contributed by atoms with Crippen LogP contribution in [0, 0.1) is 0 Å². The number of benzene rings is 3. The molecule has 0 unspecified atom stereocenters. The van der Waals surface area contributed by atoms with Crippen molar-refractivity contribution in [1.82, 2.24) is 5.32 Å². The van der Waals surface area contributed by atoms with Gasteiger partial charge in [0.25, 0.3) is 0 Å². The number of para-hydroxylation sites is 2.